The van der Waals surface area contributed by atoms with Crippen LogP contribution in [-0.4, -0.2) is 34.2 Å². The van der Waals surface area contributed by atoms with Crippen LogP contribution in [0.5, 0.6) is 0 Å². The van der Waals surface area contributed by atoms with E-state index < -0.39 is 10.0 Å². The first-order valence-electron chi connectivity index (χ1n) is 11.3. The van der Waals surface area contributed by atoms with Crippen LogP contribution in [0.15, 0.2) is 38.6 Å². The quantitative estimate of drug-likeness (QED) is 0.448. The van der Waals surface area contributed by atoms with Crippen molar-refractivity contribution in [3.05, 3.63) is 52.0 Å². The molecule has 9 nitrogen and oxygen atoms in total. The molecule has 3 aromatic heterocycles. The van der Waals surface area contributed by atoms with E-state index in [2.05, 4.69) is 19.8 Å². The van der Waals surface area contributed by atoms with Crippen molar-refractivity contribution in [2.75, 3.05) is 0 Å². The molecule has 1 aliphatic carbocycles. The number of fused-ring (bicyclic) bond motifs is 1. The summed E-state index contributed by atoms with van der Waals surface area (Å²) in [6.07, 6.45) is 5.26. The van der Waals surface area contributed by atoms with Crippen LogP contribution in [0.4, 0.5) is 0 Å². The molecular formula is C24H27N5O4S. The lowest BCUT2D eigenvalue weighted by atomic mass is 10.0. The van der Waals surface area contributed by atoms with Crippen molar-refractivity contribution in [2.24, 2.45) is 7.05 Å². The Hall–Kier alpha value is -3.24. The highest BCUT2D eigenvalue weighted by Gasteiger charge is 2.27. The Morgan fingerprint density at radius 2 is 1.88 bits per heavy atom. The predicted octanol–water partition coefficient (Wildman–Crippen LogP) is 3.73. The molecule has 1 aliphatic rings. The highest BCUT2D eigenvalue weighted by Crippen LogP contribution is 2.34. The molecule has 0 unspecified atom stereocenters. The zero-order chi connectivity index (χ0) is 24.2. The molecule has 0 amide bonds. The normalized spacial score (nSPS) is 14.9. The Bertz CT molecular complexity index is 1550. The van der Waals surface area contributed by atoms with Crippen LogP contribution < -0.4 is 10.3 Å². The van der Waals surface area contributed by atoms with E-state index in [9.17, 15) is 13.2 Å². The number of hydrogen-bond acceptors (Lipinski definition) is 6. The highest BCUT2D eigenvalue weighted by molar-refractivity contribution is 7.89. The van der Waals surface area contributed by atoms with Gasteiger partial charge in [0, 0.05) is 24.0 Å². The SMILES string of the molecule is Cc1noc(C)c1-c1cc(S(=O)(=O)NC2CCCC2)c2cc(-c3cnc(C)n3C)c(=O)[nH]c2c1. The number of sulfonamides is 1. The van der Waals surface area contributed by atoms with Gasteiger partial charge in [-0.05, 0) is 57.4 Å². The molecule has 1 aromatic carbocycles. The maximum Gasteiger partial charge on any atom is 0.257 e. The fourth-order valence-electron chi connectivity index (χ4n) is 4.81. The smallest absolute Gasteiger partial charge is 0.257 e. The van der Waals surface area contributed by atoms with Crippen molar-refractivity contribution in [3.8, 4) is 22.4 Å². The number of H-pyrrole nitrogens is 1. The van der Waals surface area contributed by atoms with E-state index >= 15 is 0 Å². The minimum Gasteiger partial charge on any atom is -0.361 e. The summed E-state index contributed by atoms with van der Waals surface area (Å²) in [7, 11) is -2.05. The third-order valence-electron chi connectivity index (χ3n) is 6.71. The Morgan fingerprint density at radius 3 is 2.50 bits per heavy atom. The van der Waals surface area contributed by atoms with Crippen molar-refractivity contribution in [1.29, 1.82) is 0 Å². The second kappa shape index (κ2) is 8.21. The summed E-state index contributed by atoms with van der Waals surface area (Å²) >= 11 is 0. The standard InChI is InChI=1S/C24H27N5O4S/c1-13-23(14(2)33-27-13)16-9-20-18(22(10-16)34(31,32)28-17-7-5-6-8-17)11-19(24(30)26-20)21-12-25-15(3)29(21)4/h9-12,17,28H,5-8H2,1-4H3,(H,26,30). The minimum atomic E-state index is -3.87. The lowest BCUT2D eigenvalue weighted by molar-refractivity contribution is 0.393. The van der Waals surface area contributed by atoms with Crippen molar-refractivity contribution in [1.82, 2.24) is 24.4 Å². The van der Waals surface area contributed by atoms with Crippen LogP contribution in [0.2, 0.25) is 0 Å². The number of pyridine rings is 1. The van der Waals surface area contributed by atoms with Gasteiger partial charge in [0.25, 0.3) is 5.56 Å². The predicted molar refractivity (Wildman–Crippen MR) is 129 cm³/mol. The lowest BCUT2D eigenvalue weighted by Gasteiger charge is -2.16. The van der Waals surface area contributed by atoms with Crippen molar-refractivity contribution < 1.29 is 12.9 Å². The molecule has 0 aliphatic heterocycles. The van der Waals surface area contributed by atoms with Crippen molar-refractivity contribution >= 4 is 20.9 Å². The first kappa shape index (κ1) is 22.5. The summed E-state index contributed by atoms with van der Waals surface area (Å²) in [5.74, 6) is 1.33. The summed E-state index contributed by atoms with van der Waals surface area (Å²) in [5.41, 5.74) is 3.06. The summed E-state index contributed by atoms with van der Waals surface area (Å²) in [6, 6.07) is 4.97. The molecule has 34 heavy (non-hydrogen) atoms. The number of benzene rings is 1. The third-order valence-corrected chi connectivity index (χ3v) is 8.27. The number of nitrogens with zero attached hydrogens (tertiary/aromatic N) is 3. The molecule has 3 heterocycles. The van der Waals surface area contributed by atoms with Gasteiger partial charge in [0.1, 0.15) is 11.6 Å². The lowest BCUT2D eigenvalue weighted by Crippen LogP contribution is -2.32. The first-order chi connectivity index (χ1) is 16.2. The van der Waals surface area contributed by atoms with E-state index in [1.165, 1.54) is 0 Å². The van der Waals surface area contributed by atoms with Crippen LogP contribution >= 0.6 is 0 Å². The Labute approximate surface area is 197 Å². The molecule has 0 atom stereocenters. The molecule has 0 spiro atoms. The molecule has 1 fully saturated rings. The van der Waals surface area contributed by atoms with E-state index in [1.807, 2.05) is 14.0 Å². The fraction of sp³-hybridized carbons (Fsp3) is 0.375. The topological polar surface area (TPSA) is 123 Å². The van der Waals surface area contributed by atoms with E-state index in [-0.39, 0.29) is 16.5 Å². The van der Waals surface area contributed by atoms with Gasteiger partial charge >= 0.3 is 0 Å². The molecule has 5 rings (SSSR count). The summed E-state index contributed by atoms with van der Waals surface area (Å²) < 4.78 is 37.3. The van der Waals surface area contributed by atoms with E-state index in [0.29, 0.717) is 44.7 Å². The highest BCUT2D eigenvalue weighted by atomic mass is 32.2. The van der Waals surface area contributed by atoms with Gasteiger partial charge in [0.05, 0.1) is 33.6 Å². The van der Waals surface area contributed by atoms with E-state index in [1.54, 1.807) is 42.8 Å². The number of hydrogen-bond donors (Lipinski definition) is 2. The number of aromatic amines is 1. The maximum atomic E-state index is 13.6. The number of aryl methyl sites for hydroxylation is 3. The second-order valence-corrected chi connectivity index (χ2v) is 10.7. The molecule has 0 bridgehead atoms. The van der Waals surface area contributed by atoms with Gasteiger partial charge in [-0.1, -0.05) is 18.0 Å². The Kier molecular flexibility index (Phi) is 5.44. The molecule has 0 radical (unpaired) electrons. The third kappa shape index (κ3) is 3.76. The van der Waals surface area contributed by atoms with Gasteiger partial charge < -0.3 is 14.1 Å². The number of imidazole rings is 1. The van der Waals surface area contributed by atoms with Crippen LogP contribution in [-0.2, 0) is 17.1 Å². The van der Waals surface area contributed by atoms with E-state index in [4.69, 9.17) is 4.52 Å². The largest absolute Gasteiger partial charge is 0.361 e. The average molecular weight is 482 g/mol. The average Bonchev–Trinajstić information content (AvgIpc) is 3.49. The molecular weight excluding hydrogens is 454 g/mol. The molecule has 2 N–H and O–H groups in total. The van der Waals surface area contributed by atoms with Gasteiger partial charge in [0.2, 0.25) is 10.0 Å². The number of nitrogens with one attached hydrogen (secondary N) is 2. The molecule has 1 saturated carbocycles. The van der Waals surface area contributed by atoms with Gasteiger partial charge in [-0.3, -0.25) is 4.79 Å². The molecule has 178 valence electrons. The number of aromatic nitrogens is 4. The zero-order valence-corrected chi connectivity index (χ0v) is 20.4. The summed E-state index contributed by atoms with van der Waals surface area (Å²) in [6.45, 7) is 5.43. The van der Waals surface area contributed by atoms with Crippen LogP contribution in [0.1, 0.15) is 43.0 Å². The van der Waals surface area contributed by atoms with Crippen molar-refractivity contribution in [3.63, 3.8) is 0 Å². The van der Waals surface area contributed by atoms with Crippen molar-refractivity contribution in [2.45, 2.75) is 57.4 Å². The monoisotopic (exact) mass is 481 g/mol. The van der Waals surface area contributed by atoms with E-state index in [0.717, 1.165) is 31.5 Å². The second-order valence-electron chi connectivity index (χ2n) is 9.00. The summed E-state index contributed by atoms with van der Waals surface area (Å²) in [4.78, 5) is 20.4. The van der Waals surface area contributed by atoms with Gasteiger partial charge in [-0.2, -0.15) is 0 Å². The minimum absolute atomic E-state index is 0.0928. The van der Waals surface area contributed by atoms with Gasteiger partial charge in [-0.15, -0.1) is 0 Å². The van der Waals surface area contributed by atoms with Crippen LogP contribution in [0.3, 0.4) is 0 Å². The van der Waals surface area contributed by atoms with Gasteiger partial charge in [0.15, 0.2) is 0 Å². The fourth-order valence-corrected chi connectivity index (χ4v) is 6.35. The molecule has 4 aromatic rings. The Morgan fingerprint density at radius 1 is 1.15 bits per heavy atom. The molecule has 0 saturated heterocycles. The molecule has 10 heteroatoms. The Balaban J connectivity index is 1.78. The summed E-state index contributed by atoms with van der Waals surface area (Å²) in [5, 5.41) is 4.45. The maximum absolute atomic E-state index is 13.6. The number of rotatable bonds is 5. The van der Waals surface area contributed by atoms with Crippen LogP contribution in [0, 0.1) is 20.8 Å². The van der Waals surface area contributed by atoms with Crippen LogP contribution in [0.25, 0.3) is 33.3 Å². The zero-order valence-electron chi connectivity index (χ0n) is 19.6. The first-order valence-corrected chi connectivity index (χ1v) is 12.8. The van der Waals surface area contributed by atoms with Gasteiger partial charge in [-0.25, -0.2) is 18.1 Å².